The van der Waals surface area contributed by atoms with Crippen LogP contribution in [0.5, 0.6) is 0 Å². The molecule has 5 nitrogen and oxygen atoms in total. The number of amides is 2. The molecule has 0 aliphatic rings. The quantitative estimate of drug-likeness (QED) is 0.773. The molecule has 1 aromatic heterocycles. The third-order valence-electron chi connectivity index (χ3n) is 3.36. The van der Waals surface area contributed by atoms with Crippen LogP contribution < -0.4 is 11.1 Å². The average molecular weight is 325 g/mol. The second-order valence-corrected chi connectivity index (χ2v) is 6.27. The van der Waals surface area contributed by atoms with Crippen molar-refractivity contribution in [1.29, 1.82) is 0 Å². The summed E-state index contributed by atoms with van der Waals surface area (Å²) in [5.74, 6) is -0.558. The molecule has 116 valence electrons. The molecule has 0 spiro atoms. The Morgan fingerprint density at radius 3 is 2.70 bits per heavy atom. The number of nitrogens with one attached hydrogen (secondary N) is 1. The van der Waals surface area contributed by atoms with Gasteiger partial charge in [0.15, 0.2) is 5.13 Å². The molecule has 0 fully saturated rings. The van der Waals surface area contributed by atoms with Crippen molar-refractivity contribution in [2.45, 2.75) is 13.3 Å². The first-order valence-corrected chi connectivity index (χ1v) is 7.89. The third-order valence-corrected chi connectivity index (χ3v) is 4.29. The summed E-state index contributed by atoms with van der Waals surface area (Å²) >= 11 is 1.44. The van der Waals surface area contributed by atoms with E-state index in [1.807, 2.05) is 30.3 Å². The maximum absolute atomic E-state index is 11.3. The summed E-state index contributed by atoms with van der Waals surface area (Å²) < 4.78 is 1.01. The SMILES string of the molecule is CC(=O)Nc1nc2ccc(Cc3cccc(C(N)=O)c3)cc2s1. The van der Waals surface area contributed by atoms with E-state index in [-0.39, 0.29) is 5.91 Å². The number of nitrogens with zero attached hydrogens (tertiary/aromatic N) is 1. The van der Waals surface area contributed by atoms with Gasteiger partial charge in [0.2, 0.25) is 11.8 Å². The maximum atomic E-state index is 11.3. The molecule has 3 N–H and O–H groups in total. The molecular formula is C17H15N3O2S. The molecule has 0 aliphatic heterocycles. The second-order valence-electron chi connectivity index (χ2n) is 5.24. The summed E-state index contributed by atoms with van der Waals surface area (Å²) in [5, 5.41) is 3.30. The Bertz CT molecular complexity index is 902. The van der Waals surface area contributed by atoms with E-state index < -0.39 is 5.91 Å². The minimum atomic E-state index is -0.426. The molecule has 0 atom stereocenters. The number of carbonyl (C=O) groups is 2. The molecule has 2 amide bonds. The first kappa shape index (κ1) is 15.2. The minimum Gasteiger partial charge on any atom is -0.366 e. The van der Waals surface area contributed by atoms with E-state index in [0.29, 0.717) is 17.1 Å². The summed E-state index contributed by atoms with van der Waals surface area (Å²) in [5.41, 5.74) is 8.81. The standard InChI is InChI=1S/C17H15N3O2S/c1-10(21)19-17-20-14-6-5-12(9-15(14)23-17)7-11-3-2-4-13(8-11)16(18)22/h2-6,8-9H,7H2,1H3,(H2,18,22)(H,19,20,21). The third kappa shape index (κ3) is 3.54. The zero-order chi connectivity index (χ0) is 16.4. The minimum absolute atomic E-state index is 0.132. The van der Waals surface area contributed by atoms with Crippen molar-refractivity contribution < 1.29 is 9.59 Å². The lowest BCUT2D eigenvalue weighted by atomic mass is 10.0. The number of benzene rings is 2. The predicted molar refractivity (Wildman–Crippen MR) is 91.7 cm³/mol. The van der Waals surface area contributed by atoms with Gasteiger partial charge in [-0.05, 0) is 41.8 Å². The van der Waals surface area contributed by atoms with Crippen LogP contribution in [-0.4, -0.2) is 16.8 Å². The van der Waals surface area contributed by atoms with E-state index in [4.69, 9.17) is 5.73 Å². The van der Waals surface area contributed by atoms with Gasteiger partial charge in [0, 0.05) is 12.5 Å². The number of rotatable bonds is 4. The largest absolute Gasteiger partial charge is 0.366 e. The van der Waals surface area contributed by atoms with Gasteiger partial charge in [-0.15, -0.1) is 0 Å². The maximum Gasteiger partial charge on any atom is 0.248 e. The summed E-state index contributed by atoms with van der Waals surface area (Å²) in [6, 6.07) is 13.3. The van der Waals surface area contributed by atoms with E-state index in [2.05, 4.69) is 16.4 Å². The van der Waals surface area contributed by atoms with Crippen LogP contribution in [0, 0.1) is 0 Å². The fraction of sp³-hybridized carbons (Fsp3) is 0.118. The highest BCUT2D eigenvalue weighted by Gasteiger charge is 2.07. The highest BCUT2D eigenvalue weighted by molar-refractivity contribution is 7.22. The van der Waals surface area contributed by atoms with Crippen LogP contribution >= 0.6 is 11.3 Å². The highest BCUT2D eigenvalue weighted by atomic mass is 32.1. The van der Waals surface area contributed by atoms with Crippen molar-refractivity contribution in [2.75, 3.05) is 5.32 Å². The van der Waals surface area contributed by atoms with Crippen LogP contribution in [0.2, 0.25) is 0 Å². The Labute approximate surface area is 137 Å². The summed E-state index contributed by atoms with van der Waals surface area (Å²) in [6.07, 6.45) is 0.699. The Morgan fingerprint density at radius 2 is 1.96 bits per heavy atom. The summed E-state index contributed by atoms with van der Waals surface area (Å²) in [6.45, 7) is 1.46. The Morgan fingerprint density at radius 1 is 1.17 bits per heavy atom. The number of anilines is 1. The van der Waals surface area contributed by atoms with Crippen LogP contribution in [-0.2, 0) is 11.2 Å². The monoisotopic (exact) mass is 325 g/mol. The van der Waals surface area contributed by atoms with Gasteiger partial charge in [0.1, 0.15) is 0 Å². The highest BCUT2D eigenvalue weighted by Crippen LogP contribution is 2.27. The molecule has 0 saturated heterocycles. The normalized spacial score (nSPS) is 10.7. The van der Waals surface area contributed by atoms with Crippen LogP contribution in [0.1, 0.15) is 28.4 Å². The van der Waals surface area contributed by atoms with Gasteiger partial charge >= 0.3 is 0 Å². The number of carbonyl (C=O) groups excluding carboxylic acids is 2. The zero-order valence-electron chi connectivity index (χ0n) is 12.5. The van der Waals surface area contributed by atoms with Gasteiger partial charge in [-0.2, -0.15) is 0 Å². The number of thiazole rings is 1. The molecule has 0 aliphatic carbocycles. The molecule has 3 rings (SSSR count). The van der Waals surface area contributed by atoms with E-state index in [9.17, 15) is 9.59 Å². The van der Waals surface area contributed by atoms with Crippen molar-refractivity contribution in [2.24, 2.45) is 5.73 Å². The predicted octanol–water partition coefficient (Wildman–Crippen LogP) is 2.94. The summed E-state index contributed by atoms with van der Waals surface area (Å²) in [7, 11) is 0. The molecule has 0 radical (unpaired) electrons. The second kappa shape index (κ2) is 6.18. The van der Waals surface area contributed by atoms with Gasteiger partial charge < -0.3 is 11.1 Å². The number of fused-ring (bicyclic) bond motifs is 1. The molecule has 23 heavy (non-hydrogen) atoms. The van der Waals surface area contributed by atoms with Crippen LogP contribution in [0.25, 0.3) is 10.2 Å². The number of aromatic nitrogens is 1. The number of primary amides is 1. The van der Waals surface area contributed by atoms with E-state index in [1.165, 1.54) is 18.3 Å². The fourth-order valence-corrected chi connectivity index (χ4v) is 3.33. The number of nitrogens with two attached hydrogens (primary N) is 1. The smallest absolute Gasteiger partial charge is 0.248 e. The zero-order valence-corrected chi connectivity index (χ0v) is 13.3. The Balaban J connectivity index is 1.87. The molecule has 1 heterocycles. The van der Waals surface area contributed by atoms with E-state index in [1.54, 1.807) is 6.07 Å². The van der Waals surface area contributed by atoms with Crippen LogP contribution in [0.3, 0.4) is 0 Å². The Kier molecular flexibility index (Phi) is 4.08. The molecule has 0 saturated carbocycles. The van der Waals surface area contributed by atoms with E-state index in [0.717, 1.165) is 21.3 Å². The molecule has 0 unspecified atom stereocenters. The topological polar surface area (TPSA) is 85.1 Å². The number of hydrogen-bond donors (Lipinski definition) is 2. The number of hydrogen-bond acceptors (Lipinski definition) is 4. The van der Waals surface area contributed by atoms with Gasteiger partial charge in [0.05, 0.1) is 10.2 Å². The van der Waals surface area contributed by atoms with E-state index >= 15 is 0 Å². The van der Waals surface area contributed by atoms with Gasteiger partial charge in [-0.25, -0.2) is 4.98 Å². The molecule has 0 bridgehead atoms. The van der Waals surface area contributed by atoms with Gasteiger partial charge in [0.25, 0.3) is 0 Å². The lowest BCUT2D eigenvalue weighted by molar-refractivity contribution is -0.114. The average Bonchev–Trinajstić information content (AvgIpc) is 2.88. The molecule has 2 aromatic carbocycles. The van der Waals surface area contributed by atoms with Crippen LogP contribution in [0.15, 0.2) is 42.5 Å². The molecular weight excluding hydrogens is 310 g/mol. The lowest BCUT2D eigenvalue weighted by Crippen LogP contribution is -2.10. The van der Waals surface area contributed by atoms with Crippen molar-refractivity contribution in [3.05, 3.63) is 59.2 Å². The van der Waals surface area contributed by atoms with Crippen molar-refractivity contribution in [1.82, 2.24) is 4.98 Å². The summed E-state index contributed by atoms with van der Waals surface area (Å²) in [4.78, 5) is 26.7. The first-order valence-electron chi connectivity index (χ1n) is 7.07. The van der Waals surface area contributed by atoms with Crippen molar-refractivity contribution >= 4 is 38.5 Å². The van der Waals surface area contributed by atoms with Gasteiger partial charge in [-0.3, -0.25) is 9.59 Å². The van der Waals surface area contributed by atoms with Gasteiger partial charge in [-0.1, -0.05) is 29.5 Å². The Hall–Kier alpha value is -2.73. The first-order chi connectivity index (χ1) is 11.0. The van der Waals surface area contributed by atoms with Crippen LogP contribution in [0.4, 0.5) is 5.13 Å². The fourth-order valence-electron chi connectivity index (χ4n) is 2.35. The van der Waals surface area contributed by atoms with Crippen molar-refractivity contribution in [3.63, 3.8) is 0 Å². The lowest BCUT2D eigenvalue weighted by Gasteiger charge is -2.03. The molecule has 6 heteroatoms. The molecule has 3 aromatic rings. The van der Waals surface area contributed by atoms with Crippen molar-refractivity contribution in [3.8, 4) is 0 Å².